The summed E-state index contributed by atoms with van der Waals surface area (Å²) in [7, 11) is -3.43. The Morgan fingerprint density at radius 3 is 2.19 bits per heavy atom. The molecule has 0 N–H and O–H groups in total. The summed E-state index contributed by atoms with van der Waals surface area (Å²) in [6.07, 6.45) is -2.34. The number of benzene rings is 1. The van der Waals surface area contributed by atoms with Crippen molar-refractivity contribution in [3.05, 3.63) is 42.5 Å². The summed E-state index contributed by atoms with van der Waals surface area (Å²) in [5.74, 6) is -0.840. The van der Waals surface area contributed by atoms with E-state index in [0.717, 1.165) is 6.26 Å². The standard InChI is InChI=1S/C13H14F3NO3S/c1-3-8-17(9-13(14,15)16)12(18)10-4-6-11(7-5-10)21(2,19)20/h3-7H,1,8-9H2,2H3. The topological polar surface area (TPSA) is 54.5 Å². The summed E-state index contributed by atoms with van der Waals surface area (Å²) in [5, 5.41) is 0. The van der Waals surface area contributed by atoms with E-state index in [4.69, 9.17) is 0 Å². The number of nitrogens with zero attached hydrogens (tertiary/aromatic N) is 1. The van der Waals surface area contributed by atoms with Crippen LogP contribution in [0.4, 0.5) is 13.2 Å². The van der Waals surface area contributed by atoms with Crippen molar-refractivity contribution < 1.29 is 26.4 Å². The van der Waals surface area contributed by atoms with Gasteiger partial charge in [-0.05, 0) is 24.3 Å². The Hall–Kier alpha value is -1.83. The lowest BCUT2D eigenvalue weighted by Gasteiger charge is -2.22. The Balaban J connectivity index is 3.01. The molecule has 0 heterocycles. The van der Waals surface area contributed by atoms with Crippen molar-refractivity contribution in [3.8, 4) is 0 Å². The first-order valence-corrected chi connectivity index (χ1v) is 7.71. The van der Waals surface area contributed by atoms with Crippen molar-refractivity contribution in [1.82, 2.24) is 4.90 Å². The van der Waals surface area contributed by atoms with E-state index in [1.165, 1.54) is 30.3 Å². The number of hydrogen-bond donors (Lipinski definition) is 0. The molecule has 0 spiro atoms. The molecule has 116 valence electrons. The van der Waals surface area contributed by atoms with Gasteiger partial charge in [-0.15, -0.1) is 6.58 Å². The molecule has 1 rings (SSSR count). The smallest absolute Gasteiger partial charge is 0.326 e. The molecule has 4 nitrogen and oxygen atoms in total. The fourth-order valence-corrected chi connectivity index (χ4v) is 2.25. The molecule has 0 bridgehead atoms. The number of hydrogen-bond acceptors (Lipinski definition) is 3. The molecule has 1 amide bonds. The van der Waals surface area contributed by atoms with Crippen LogP contribution in [0.2, 0.25) is 0 Å². The van der Waals surface area contributed by atoms with E-state index in [9.17, 15) is 26.4 Å². The monoisotopic (exact) mass is 321 g/mol. The maximum absolute atomic E-state index is 12.4. The molecule has 0 atom stereocenters. The minimum Gasteiger partial charge on any atom is -0.326 e. The zero-order valence-electron chi connectivity index (χ0n) is 11.2. The van der Waals surface area contributed by atoms with Gasteiger partial charge in [0.15, 0.2) is 9.84 Å². The van der Waals surface area contributed by atoms with Gasteiger partial charge in [-0.3, -0.25) is 4.79 Å². The summed E-state index contributed by atoms with van der Waals surface area (Å²) in [4.78, 5) is 12.6. The normalized spacial score (nSPS) is 12.0. The number of amides is 1. The lowest BCUT2D eigenvalue weighted by Crippen LogP contribution is -2.39. The number of carbonyl (C=O) groups excluding carboxylic acids is 1. The first kappa shape index (κ1) is 17.2. The third kappa shape index (κ3) is 5.22. The predicted molar refractivity (Wildman–Crippen MR) is 71.7 cm³/mol. The van der Waals surface area contributed by atoms with E-state index in [2.05, 4.69) is 6.58 Å². The molecular weight excluding hydrogens is 307 g/mol. The molecule has 8 heteroatoms. The van der Waals surface area contributed by atoms with Crippen molar-refractivity contribution in [2.75, 3.05) is 19.3 Å². The highest BCUT2D eigenvalue weighted by Crippen LogP contribution is 2.19. The Morgan fingerprint density at radius 2 is 1.81 bits per heavy atom. The summed E-state index contributed by atoms with van der Waals surface area (Å²) < 4.78 is 59.8. The Morgan fingerprint density at radius 1 is 1.29 bits per heavy atom. The molecule has 0 fully saturated rings. The second-order valence-electron chi connectivity index (χ2n) is 4.39. The zero-order valence-corrected chi connectivity index (χ0v) is 12.0. The lowest BCUT2D eigenvalue weighted by atomic mass is 10.2. The van der Waals surface area contributed by atoms with E-state index in [1.807, 2.05) is 0 Å². The van der Waals surface area contributed by atoms with Crippen LogP contribution in [0.5, 0.6) is 0 Å². The molecule has 0 saturated carbocycles. The van der Waals surface area contributed by atoms with Crippen LogP contribution >= 0.6 is 0 Å². The number of carbonyl (C=O) groups is 1. The van der Waals surface area contributed by atoms with Crippen LogP contribution in [0, 0.1) is 0 Å². The van der Waals surface area contributed by atoms with Crippen molar-refractivity contribution in [2.45, 2.75) is 11.1 Å². The molecule has 0 saturated heterocycles. The van der Waals surface area contributed by atoms with E-state index >= 15 is 0 Å². The lowest BCUT2D eigenvalue weighted by molar-refractivity contribution is -0.139. The van der Waals surface area contributed by atoms with Gasteiger partial charge >= 0.3 is 6.18 Å². The van der Waals surface area contributed by atoms with Crippen molar-refractivity contribution in [2.24, 2.45) is 0 Å². The van der Waals surface area contributed by atoms with Crippen LogP contribution in [-0.2, 0) is 9.84 Å². The number of alkyl halides is 3. The second kappa shape index (κ2) is 6.30. The molecular formula is C13H14F3NO3S. The van der Waals surface area contributed by atoms with Gasteiger partial charge in [0.2, 0.25) is 0 Å². The minimum atomic E-state index is -4.52. The zero-order chi connectivity index (χ0) is 16.3. The molecule has 1 aromatic carbocycles. The largest absolute Gasteiger partial charge is 0.406 e. The molecule has 0 aliphatic rings. The summed E-state index contributed by atoms with van der Waals surface area (Å²) in [6.45, 7) is 1.66. The summed E-state index contributed by atoms with van der Waals surface area (Å²) in [6, 6.07) is 4.74. The average Bonchev–Trinajstić information content (AvgIpc) is 2.35. The van der Waals surface area contributed by atoms with E-state index < -0.39 is 28.5 Å². The number of sulfone groups is 1. The van der Waals surface area contributed by atoms with Gasteiger partial charge in [0.25, 0.3) is 5.91 Å². The number of halogens is 3. The van der Waals surface area contributed by atoms with Crippen LogP contribution in [0.1, 0.15) is 10.4 Å². The van der Waals surface area contributed by atoms with Crippen LogP contribution in [0.3, 0.4) is 0 Å². The van der Waals surface area contributed by atoms with Gasteiger partial charge in [0, 0.05) is 18.4 Å². The van der Waals surface area contributed by atoms with Gasteiger partial charge < -0.3 is 4.90 Å². The van der Waals surface area contributed by atoms with E-state index in [1.54, 1.807) is 0 Å². The Labute approximate surface area is 120 Å². The highest BCUT2D eigenvalue weighted by atomic mass is 32.2. The predicted octanol–water partition coefficient (Wildman–Crippen LogP) is 2.28. The van der Waals surface area contributed by atoms with E-state index in [0.29, 0.717) is 4.90 Å². The fourth-order valence-electron chi connectivity index (χ4n) is 1.62. The SMILES string of the molecule is C=CCN(CC(F)(F)F)C(=O)c1ccc(S(C)(=O)=O)cc1. The Bertz CT molecular complexity index is 621. The molecule has 0 radical (unpaired) electrons. The third-order valence-corrected chi connectivity index (χ3v) is 3.66. The summed E-state index contributed by atoms with van der Waals surface area (Å²) >= 11 is 0. The second-order valence-corrected chi connectivity index (χ2v) is 6.40. The van der Waals surface area contributed by atoms with Gasteiger partial charge in [-0.25, -0.2) is 8.42 Å². The third-order valence-electron chi connectivity index (χ3n) is 2.54. The quantitative estimate of drug-likeness (QED) is 0.782. The average molecular weight is 321 g/mol. The first-order valence-electron chi connectivity index (χ1n) is 5.81. The molecule has 0 aliphatic heterocycles. The highest BCUT2D eigenvalue weighted by molar-refractivity contribution is 7.90. The van der Waals surface area contributed by atoms with Gasteiger partial charge in [0.05, 0.1) is 4.90 Å². The first-order chi connectivity index (χ1) is 9.54. The molecule has 0 aromatic heterocycles. The van der Waals surface area contributed by atoms with Crippen molar-refractivity contribution in [1.29, 1.82) is 0 Å². The summed E-state index contributed by atoms with van der Waals surface area (Å²) in [5.41, 5.74) is -0.0199. The van der Waals surface area contributed by atoms with Gasteiger partial charge in [-0.1, -0.05) is 6.08 Å². The van der Waals surface area contributed by atoms with Crippen LogP contribution in [0.15, 0.2) is 41.8 Å². The highest BCUT2D eigenvalue weighted by Gasteiger charge is 2.32. The molecule has 21 heavy (non-hydrogen) atoms. The molecule has 1 aromatic rings. The molecule has 0 aliphatic carbocycles. The van der Waals surface area contributed by atoms with Crippen LogP contribution in [0.25, 0.3) is 0 Å². The van der Waals surface area contributed by atoms with Gasteiger partial charge in [0.1, 0.15) is 6.54 Å². The van der Waals surface area contributed by atoms with E-state index in [-0.39, 0.29) is 17.0 Å². The maximum Gasteiger partial charge on any atom is 0.406 e. The van der Waals surface area contributed by atoms with Crippen LogP contribution < -0.4 is 0 Å². The maximum atomic E-state index is 12.4. The molecule has 0 unspecified atom stereocenters. The fraction of sp³-hybridized carbons (Fsp3) is 0.308. The van der Waals surface area contributed by atoms with Crippen molar-refractivity contribution in [3.63, 3.8) is 0 Å². The van der Waals surface area contributed by atoms with Crippen molar-refractivity contribution >= 4 is 15.7 Å². The van der Waals surface area contributed by atoms with Crippen LogP contribution in [-0.4, -0.2) is 44.7 Å². The minimum absolute atomic E-state index is 0.00913. The van der Waals surface area contributed by atoms with Gasteiger partial charge in [-0.2, -0.15) is 13.2 Å². The number of rotatable bonds is 5. The Kier molecular flexibility index (Phi) is 5.16.